The summed E-state index contributed by atoms with van der Waals surface area (Å²) in [5.74, 6) is 0.757. The zero-order valence-corrected chi connectivity index (χ0v) is 13.6. The summed E-state index contributed by atoms with van der Waals surface area (Å²) in [5, 5.41) is 10.0. The molecule has 1 saturated heterocycles. The highest BCUT2D eigenvalue weighted by Crippen LogP contribution is 2.34. The van der Waals surface area contributed by atoms with E-state index in [4.69, 9.17) is 4.74 Å². The van der Waals surface area contributed by atoms with Gasteiger partial charge in [0, 0.05) is 12.6 Å². The Morgan fingerprint density at radius 2 is 2.14 bits per heavy atom. The minimum absolute atomic E-state index is 0.0110. The van der Waals surface area contributed by atoms with Crippen LogP contribution >= 0.6 is 0 Å². The smallest absolute Gasteiger partial charge is 0.247 e. The van der Waals surface area contributed by atoms with E-state index in [0.717, 1.165) is 29.7 Å². The van der Waals surface area contributed by atoms with Crippen LogP contribution in [-0.2, 0) is 4.79 Å². The number of hydrogen-bond acceptors (Lipinski definition) is 3. The second-order valence-corrected chi connectivity index (χ2v) is 5.68. The van der Waals surface area contributed by atoms with Gasteiger partial charge in [0.05, 0.1) is 19.3 Å². The molecule has 1 aromatic rings. The average Bonchev–Trinajstić information content (AvgIpc) is 2.94. The number of rotatable bonds is 5. The van der Waals surface area contributed by atoms with Crippen molar-refractivity contribution in [1.29, 1.82) is 0 Å². The number of aliphatic hydroxyl groups excluding tert-OH is 1. The van der Waals surface area contributed by atoms with E-state index in [-0.39, 0.29) is 11.9 Å². The van der Waals surface area contributed by atoms with E-state index < -0.39 is 6.10 Å². The number of methoxy groups -OCH3 is 1. The number of hydrogen-bond donors (Lipinski definition) is 1. The molecule has 120 valence electrons. The van der Waals surface area contributed by atoms with Gasteiger partial charge in [-0.05, 0) is 37.0 Å². The third-order valence-corrected chi connectivity index (χ3v) is 4.28. The lowest BCUT2D eigenvalue weighted by atomic mass is 10.0. The molecule has 0 saturated carbocycles. The second kappa shape index (κ2) is 7.45. The summed E-state index contributed by atoms with van der Waals surface area (Å²) in [5.41, 5.74) is 2.14. The van der Waals surface area contributed by atoms with Crippen molar-refractivity contribution < 1.29 is 14.6 Å². The molecule has 22 heavy (non-hydrogen) atoms. The maximum Gasteiger partial charge on any atom is 0.247 e. The van der Waals surface area contributed by atoms with Crippen molar-refractivity contribution in [2.24, 2.45) is 0 Å². The molecule has 4 nitrogen and oxygen atoms in total. The maximum absolute atomic E-state index is 12.6. The molecule has 1 amide bonds. The van der Waals surface area contributed by atoms with Crippen LogP contribution in [0, 0.1) is 0 Å². The molecule has 1 aliphatic rings. The number of ether oxygens (including phenoxy) is 1. The predicted octanol–water partition coefficient (Wildman–Crippen LogP) is 3.08. The summed E-state index contributed by atoms with van der Waals surface area (Å²) < 4.78 is 5.26. The normalized spacial score (nSPS) is 20.8. The van der Waals surface area contributed by atoms with Crippen LogP contribution in [0.1, 0.15) is 44.7 Å². The number of aliphatic hydroxyl groups is 1. The van der Waals surface area contributed by atoms with Gasteiger partial charge >= 0.3 is 0 Å². The quantitative estimate of drug-likeness (QED) is 0.851. The fourth-order valence-electron chi connectivity index (χ4n) is 2.93. The number of carbonyl (C=O) groups is 1. The highest BCUT2D eigenvalue weighted by molar-refractivity contribution is 5.89. The summed E-state index contributed by atoms with van der Waals surface area (Å²) in [6.07, 6.45) is 3.58. The molecule has 2 rings (SSSR count). The number of carbonyl (C=O) groups excluding carboxylic acids is 1. The lowest BCUT2D eigenvalue weighted by molar-refractivity contribution is -0.127. The molecule has 0 aromatic heterocycles. The Balaban J connectivity index is 2.25. The van der Waals surface area contributed by atoms with Gasteiger partial charge < -0.3 is 14.7 Å². The van der Waals surface area contributed by atoms with Crippen LogP contribution in [0.5, 0.6) is 5.75 Å². The molecule has 1 aliphatic heterocycles. The van der Waals surface area contributed by atoms with Gasteiger partial charge in [0.25, 0.3) is 0 Å². The third kappa shape index (κ3) is 3.69. The number of nitrogens with zero attached hydrogens (tertiary/aromatic N) is 1. The average molecular weight is 303 g/mol. The van der Waals surface area contributed by atoms with E-state index >= 15 is 0 Å². The van der Waals surface area contributed by atoms with Crippen molar-refractivity contribution in [2.75, 3.05) is 13.7 Å². The molecule has 2 atom stereocenters. The minimum Gasteiger partial charge on any atom is -0.497 e. The largest absolute Gasteiger partial charge is 0.497 e. The predicted molar refractivity (Wildman–Crippen MR) is 86.7 cm³/mol. The first-order chi connectivity index (χ1) is 10.6. The molecule has 0 spiro atoms. The standard InChI is InChI=1S/C18H25NO3/c1-4-13(5-2)9-18(21)19-12-15(20)11-17(19)14-7-6-8-16(10-14)22-3/h6-10,15,17,20H,4-5,11-12H2,1-3H3/t15-,17+/m0/s1. The van der Waals surface area contributed by atoms with E-state index in [0.29, 0.717) is 13.0 Å². The van der Waals surface area contributed by atoms with E-state index in [2.05, 4.69) is 13.8 Å². The summed E-state index contributed by atoms with van der Waals surface area (Å²) >= 11 is 0. The van der Waals surface area contributed by atoms with Crippen molar-refractivity contribution in [2.45, 2.75) is 45.3 Å². The highest BCUT2D eigenvalue weighted by atomic mass is 16.5. The second-order valence-electron chi connectivity index (χ2n) is 5.68. The van der Waals surface area contributed by atoms with E-state index in [9.17, 15) is 9.90 Å². The van der Waals surface area contributed by atoms with Gasteiger partial charge in [0.15, 0.2) is 0 Å². The van der Waals surface area contributed by atoms with Gasteiger partial charge in [-0.15, -0.1) is 0 Å². The first kappa shape index (κ1) is 16.6. The summed E-state index contributed by atoms with van der Waals surface area (Å²) in [6.45, 7) is 4.50. The van der Waals surface area contributed by atoms with Gasteiger partial charge in [-0.3, -0.25) is 4.79 Å². The lowest BCUT2D eigenvalue weighted by Crippen LogP contribution is -2.30. The Hall–Kier alpha value is -1.81. The van der Waals surface area contributed by atoms with Crippen LogP contribution in [0.4, 0.5) is 0 Å². The fraction of sp³-hybridized carbons (Fsp3) is 0.500. The number of likely N-dealkylation sites (tertiary alicyclic amines) is 1. The topological polar surface area (TPSA) is 49.8 Å². The third-order valence-electron chi connectivity index (χ3n) is 4.28. The fourth-order valence-corrected chi connectivity index (χ4v) is 2.93. The van der Waals surface area contributed by atoms with Crippen LogP contribution < -0.4 is 4.74 Å². The van der Waals surface area contributed by atoms with Crippen molar-refractivity contribution in [3.8, 4) is 5.75 Å². The van der Waals surface area contributed by atoms with E-state index in [1.165, 1.54) is 0 Å². The number of amides is 1. The lowest BCUT2D eigenvalue weighted by Gasteiger charge is -2.24. The zero-order chi connectivity index (χ0) is 16.1. The van der Waals surface area contributed by atoms with Crippen LogP contribution in [-0.4, -0.2) is 35.7 Å². The molecule has 1 heterocycles. The van der Waals surface area contributed by atoms with E-state index in [1.807, 2.05) is 24.3 Å². The molecular weight excluding hydrogens is 278 g/mol. The Kier molecular flexibility index (Phi) is 5.61. The van der Waals surface area contributed by atoms with Gasteiger partial charge in [-0.25, -0.2) is 0 Å². The molecule has 1 aromatic carbocycles. The van der Waals surface area contributed by atoms with Crippen molar-refractivity contribution in [3.63, 3.8) is 0 Å². The van der Waals surface area contributed by atoms with Crippen LogP contribution in [0.25, 0.3) is 0 Å². The van der Waals surface area contributed by atoms with Crippen molar-refractivity contribution >= 4 is 5.91 Å². The molecular formula is C18H25NO3. The minimum atomic E-state index is -0.472. The Labute approximate surface area is 132 Å². The van der Waals surface area contributed by atoms with Crippen LogP contribution in [0.3, 0.4) is 0 Å². The molecule has 0 aliphatic carbocycles. The Morgan fingerprint density at radius 1 is 1.41 bits per heavy atom. The van der Waals surface area contributed by atoms with Crippen molar-refractivity contribution in [3.05, 3.63) is 41.5 Å². The molecule has 0 unspecified atom stereocenters. The van der Waals surface area contributed by atoms with Gasteiger partial charge in [0.2, 0.25) is 5.91 Å². The molecule has 0 radical (unpaired) electrons. The Bertz CT molecular complexity index is 547. The summed E-state index contributed by atoms with van der Waals surface area (Å²) in [7, 11) is 1.63. The van der Waals surface area contributed by atoms with Crippen molar-refractivity contribution in [1.82, 2.24) is 4.90 Å². The first-order valence-electron chi connectivity index (χ1n) is 7.91. The molecule has 0 bridgehead atoms. The van der Waals surface area contributed by atoms with E-state index in [1.54, 1.807) is 18.1 Å². The summed E-state index contributed by atoms with van der Waals surface area (Å²) in [6, 6.07) is 7.63. The van der Waals surface area contributed by atoms with Crippen LogP contribution in [0.15, 0.2) is 35.9 Å². The van der Waals surface area contributed by atoms with Gasteiger partial charge in [-0.2, -0.15) is 0 Å². The summed E-state index contributed by atoms with van der Waals surface area (Å²) in [4.78, 5) is 14.3. The SMILES string of the molecule is CCC(=CC(=O)N1C[C@@H](O)C[C@@H]1c1cccc(OC)c1)CC. The van der Waals surface area contributed by atoms with Gasteiger partial charge in [-0.1, -0.05) is 31.6 Å². The molecule has 1 fully saturated rings. The van der Waals surface area contributed by atoms with Gasteiger partial charge in [0.1, 0.15) is 5.75 Å². The monoisotopic (exact) mass is 303 g/mol. The van der Waals surface area contributed by atoms with Crippen LogP contribution in [0.2, 0.25) is 0 Å². The number of β-amino-alcohol motifs (C(OH)–C–C–N with tert-alkyl or cyclic N) is 1. The highest BCUT2D eigenvalue weighted by Gasteiger charge is 2.34. The number of benzene rings is 1. The Morgan fingerprint density at radius 3 is 2.77 bits per heavy atom. The maximum atomic E-state index is 12.6. The zero-order valence-electron chi connectivity index (χ0n) is 13.6. The molecule has 4 heteroatoms. The number of allylic oxidation sites excluding steroid dienone is 1. The molecule has 1 N–H and O–H groups in total. The first-order valence-corrected chi connectivity index (χ1v) is 7.91.